The van der Waals surface area contributed by atoms with Crippen LogP contribution in [0.25, 0.3) is 0 Å². The average Bonchev–Trinajstić information content (AvgIpc) is 2.90. The van der Waals surface area contributed by atoms with Crippen LogP contribution in [0.1, 0.15) is 57.1 Å². The van der Waals surface area contributed by atoms with Crippen molar-refractivity contribution in [1.82, 2.24) is 0 Å². The van der Waals surface area contributed by atoms with Gasteiger partial charge in [0.1, 0.15) is 6.10 Å². The van der Waals surface area contributed by atoms with Gasteiger partial charge in [-0.25, -0.2) is 0 Å². The second kappa shape index (κ2) is 6.58. The van der Waals surface area contributed by atoms with Crippen LogP contribution in [0.5, 0.6) is 0 Å². The Morgan fingerprint density at radius 1 is 1.28 bits per heavy atom. The molecule has 0 N–H and O–H groups in total. The first-order valence-electron chi connectivity index (χ1n) is 7.00. The molecule has 1 aliphatic rings. The molecule has 0 spiro atoms. The van der Waals surface area contributed by atoms with E-state index in [-0.39, 0.29) is 12.1 Å². The summed E-state index contributed by atoms with van der Waals surface area (Å²) >= 11 is 0. The first-order valence-corrected chi connectivity index (χ1v) is 7.00. The maximum Gasteiger partial charge on any atom is 0.306 e. The van der Waals surface area contributed by atoms with Gasteiger partial charge >= 0.3 is 5.97 Å². The Morgan fingerprint density at radius 2 is 1.94 bits per heavy atom. The minimum Gasteiger partial charge on any atom is -0.458 e. The van der Waals surface area contributed by atoms with Crippen molar-refractivity contribution >= 4 is 5.97 Å². The van der Waals surface area contributed by atoms with Gasteiger partial charge in [0.15, 0.2) is 0 Å². The molecule has 1 aliphatic carbocycles. The Hall–Kier alpha value is -1.31. The quantitative estimate of drug-likeness (QED) is 0.725. The molecule has 2 nitrogen and oxygen atoms in total. The van der Waals surface area contributed by atoms with Crippen molar-refractivity contribution in [3.8, 4) is 0 Å². The van der Waals surface area contributed by atoms with Crippen LogP contribution in [-0.4, -0.2) is 5.97 Å². The van der Waals surface area contributed by atoms with Crippen LogP contribution < -0.4 is 0 Å². The van der Waals surface area contributed by atoms with Gasteiger partial charge in [-0.05, 0) is 24.8 Å². The Balaban J connectivity index is 1.73. The molecule has 98 valence electrons. The predicted molar refractivity (Wildman–Crippen MR) is 72.1 cm³/mol. The van der Waals surface area contributed by atoms with Gasteiger partial charge in [-0.2, -0.15) is 0 Å². The average molecular weight is 246 g/mol. The molecule has 1 aromatic carbocycles. The van der Waals surface area contributed by atoms with Crippen LogP contribution in [0, 0.1) is 5.92 Å². The SMILES string of the molecule is CC(OC(=O)CCC1CCCC1)c1ccccc1. The van der Waals surface area contributed by atoms with E-state index in [1.807, 2.05) is 37.3 Å². The molecule has 1 aromatic rings. The summed E-state index contributed by atoms with van der Waals surface area (Å²) in [7, 11) is 0. The largest absolute Gasteiger partial charge is 0.458 e. The third-order valence-electron chi connectivity index (χ3n) is 3.81. The van der Waals surface area contributed by atoms with Gasteiger partial charge in [0, 0.05) is 6.42 Å². The van der Waals surface area contributed by atoms with Gasteiger partial charge in [0.05, 0.1) is 0 Å². The molecule has 1 fully saturated rings. The van der Waals surface area contributed by atoms with Crippen LogP contribution in [0.15, 0.2) is 30.3 Å². The summed E-state index contributed by atoms with van der Waals surface area (Å²) in [6.07, 6.45) is 6.69. The van der Waals surface area contributed by atoms with Gasteiger partial charge in [0.25, 0.3) is 0 Å². The molecule has 2 rings (SSSR count). The topological polar surface area (TPSA) is 26.3 Å². The number of rotatable bonds is 5. The number of carbonyl (C=O) groups excluding carboxylic acids is 1. The standard InChI is InChI=1S/C16H22O2/c1-13(15-9-3-2-4-10-15)18-16(17)12-11-14-7-5-6-8-14/h2-4,9-10,13-14H,5-8,11-12H2,1H3. The maximum atomic E-state index is 11.8. The Morgan fingerprint density at radius 3 is 2.61 bits per heavy atom. The summed E-state index contributed by atoms with van der Waals surface area (Å²) in [5.74, 6) is 0.697. The molecule has 0 amide bonds. The third-order valence-corrected chi connectivity index (χ3v) is 3.81. The lowest BCUT2D eigenvalue weighted by Gasteiger charge is -2.14. The van der Waals surface area contributed by atoms with Gasteiger partial charge in [-0.1, -0.05) is 56.0 Å². The maximum absolute atomic E-state index is 11.8. The van der Waals surface area contributed by atoms with Crippen LogP contribution in [0.4, 0.5) is 0 Å². The van der Waals surface area contributed by atoms with Crippen LogP contribution in [0.3, 0.4) is 0 Å². The zero-order valence-corrected chi connectivity index (χ0v) is 11.1. The zero-order chi connectivity index (χ0) is 12.8. The molecule has 0 heterocycles. The van der Waals surface area contributed by atoms with E-state index in [1.165, 1.54) is 25.7 Å². The lowest BCUT2D eigenvalue weighted by Crippen LogP contribution is -2.10. The van der Waals surface area contributed by atoms with Crippen LogP contribution in [-0.2, 0) is 9.53 Å². The van der Waals surface area contributed by atoms with Crippen molar-refractivity contribution in [1.29, 1.82) is 0 Å². The fourth-order valence-corrected chi connectivity index (χ4v) is 2.67. The van der Waals surface area contributed by atoms with Gasteiger partial charge in [0.2, 0.25) is 0 Å². The molecule has 0 bridgehead atoms. The van der Waals surface area contributed by atoms with E-state index in [0.717, 1.165) is 17.9 Å². The second-order valence-corrected chi connectivity index (χ2v) is 5.23. The molecule has 2 heteroatoms. The summed E-state index contributed by atoms with van der Waals surface area (Å²) in [5, 5.41) is 0. The lowest BCUT2D eigenvalue weighted by atomic mass is 10.0. The number of hydrogen-bond acceptors (Lipinski definition) is 2. The van der Waals surface area contributed by atoms with E-state index in [4.69, 9.17) is 4.74 Å². The Kier molecular flexibility index (Phi) is 4.80. The molecule has 0 radical (unpaired) electrons. The van der Waals surface area contributed by atoms with Gasteiger partial charge in [-0.15, -0.1) is 0 Å². The Bertz CT molecular complexity index is 366. The number of carbonyl (C=O) groups is 1. The molecule has 1 unspecified atom stereocenters. The van der Waals surface area contributed by atoms with E-state index in [1.54, 1.807) is 0 Å². The van der Waals surface area contributed by atoms with Crippen molar-refractivity contribution in [2.24, 2.45) is 5.92 Å². The molecule has 0 aliphatic heterocycles. The van der Waals surface area contributed by atoms with Gasteiger partial charge in [-0.3, -0.25) is 4.79 Å². The van der Waals surface area contributed by atoms with Crippen molar-refractivity contribution in [3.05, 3.63) is 35.9 Å². The van der Waals surface area contributed by atoms with E-state index >= 15 is 0 Å². The van der Waals surface area contributed by atoms with Crippen molar-refractivity contribution in [2.75, 3.05) is 0 Å². The van der Waals surface area contributed by atoms with Crippen molar-refractivity contribution in [2.45, 2.75) is 51.6 Å². The van der Waals surface area contributed by atoms with E-state index < -0.39 is 0 Å². The predicted octanol–water partition coefficient (Wildman–Crippen LogP) is 4.26. The molecule has 18 heavy (non-hydrogen) atoms. The number of ether oxygens (including phenoxy) is 1. The normalized spacial score (nSPS) is 17.6. The zero-order valence-electron chi connectivity index (χ0n) is 11.1. The molecular weight excluding hydrogens is 224 g/mol. The fourth-order valence-electron chi connectivity index (χ4n) is 2.67. The molecule has 0 aromatic heterocycles. The van der Waals surface area contributed by atoms with E-state index in [2.05, 4.69) is 0 Å². The second-order valence-electron chi connectivity index (χ2n) is 5.23. The van der Waals surface area contributed by atoms with Crippen LogP contribution >= 0.6 is 0 Å². The minimum atomic E-state index is -0.137. The first-order chi connectivity index (χ1) is 8.75. The first kappa shape index (κ1) is 13.1. The molecule has 1 saturated carbocycles. The van der Waals surface area contributed by atoms with Crippen molar-refractivity contribution < 1.29 is 9.53 Å². The summed E-state index contributed by atoms with van der Waals surface area (Å²) in [6.45, 7) is 1.93. The smallest absolute Gasteiger partial charge is 0.306 e. The highest BCUT2D eigenvalue weighted by Crippen LogP contribution is 2.29. The number of hydrogen-bond donors (Lipinski definition) is 0. The highest BCUT2D eigenvalue weighted by atomic mass is 16.5. The summed E-state index contributed by atoms with van der Waals surface area (Å²) in [4.78, 5) is 11.8. The fraction of sp³-hybridized carbons (Fsp3) is 0.562. The van der Waals surface area contributed by atoms with Gasteiger partial charge < -0.3 is 4.74 Å². The molecular formula is C16H22O2. The summed E-state index contributed by atoms with van der Waals surface area (Å²) in [6, 6.07) is 9.90. The van der Waals surface area contributed by atoms with E-state index in [9.17, 15) is 4.79 Å². The van der Waals surface area contributed by atoms with Crippen LogP contribution in [0.2, 0.25) is 0 Å². The highest BCUT2D eigenvalue weighted by Gasteiger charge is 2.17. The van der Waals surface area contributed by atoms with E-state index in [0.29, 0.717) is 6.42 Å². The summed E-state index contributed by atoms with van der Waals surface area (Å²) in [5.41, 5.74) is 1.06. The highest BCUT2D eigenvalue weighted by molar-refractivity contribution is 5.69. The molecule has 1 atom stereocenters. The third kappa shape index (κ3) is 3.86. The lowest BCUT2D eigenvalue weighted by molar-refractivity contribution is -0.148. The molecule has 0 saturated heterocycles. The minimum absolute atomic E-state index is 0.0572. The summed E-state index contributed by atoms with van der Waals surface area (Å²) < 4.78 is 5.46. The number of esters is 1. The van der Waals surface area contributed by atoms with Crippen molar-refractivity contribution in [3.63, 3.8) is 0 Å². The monoisotopic (exact) mass is 246 g/mol. The Labute approximate surface area is 109 Å². The number of benzene rings is 1.